The first kappa shape index (κ1) is 17.7. The lowest BCUT2D eigenvalue weighted by atomic mass is 10.2. The molecule has 0 aromatic heterocycles. The molecule has 1 amide bonds. The Morgan fingerprint density at radius 1 is 0.808 bits per heavy atom. The van der Waals surface area contributed by atoms with E-state index < -0.39 is 0 Å². The standard InChI is InChI=1S/C22H21NO3/c1-23(22(24)17-25-16-18-8-4-2-5-9-18)19-12-14-21(15-13-19)26-20-10-6-3-7-11-20/h2-15H,16-17H2,1H3. The summed E-state index contributed by atoms with van der Waals surface area (Å²) in [6, 6.07) is 26.8. The molecule has 0 spiro atoms. The fraction of sp³-hybridized carbons (Fsp3) is 0.136. The van der Waals surface area contributed by atoms with Crippen molar-refractivity contribution in [1.82, 2.24) is 0 Å². The van der Waals surface area contributed by atoms with Gasteiger partial charge < -0.3 is 14.4 Å². The van der Waals surface area contributed by atoms with Crippen molar-refractivity contribution in [3.63, 3.8) is 0 Å². The molecule has 0 unspecified atom stereocenters. The van der Waals surface area contributed by atoms with E-state index in [0.29, 0.717) is 6.61 Å². The third-order valence-corrected chi connectivity index (χ3v) is 3.91. The molecule has 26 heavy (non-hydrogen) atoms. The predicted octanol–water partition coefficient (Wildman–Crippen LogP) is 4.66. The van der Waals surface area contributed by atoms with Gasteiger partial charge in [-0.1, -0.05) is 48.5 Å². The van der Waals surface area contributed by atoms with Crippen LogP contribution in [0.5, 0.6) is 11.5 Å². The summed E-state index contributed by atoms with van der Waals surface area (Å²) in [6.45, 7) is 0.456. The number of benzene rings is 3. The van der Waals surface area contributed by atoms with E-state index in [2.05, 4.69) is 0 Å². The molecule has 0 atom stereocenters. The van der Waals surface area contributed by atoms with Gasteiger partial charge in [0, 0.05) is 12.7 Å². The molecule has 0 fully saturated rings. The molecule has 0 aliphatic heterocycles. The lowest BCUT2D eigenvalue weighted by Crippen LogP contribution is -2.30. The zero-order valence-corrected chi connectivity index (χ0v) is 14.7. The molecular formula is C22H21NO3. The molecule has 0 saturated heterocycles. The van der Waals surface area contributed by atoms with Gasteiger partial charge in [0.15, 0.2) is 0 Å². The second-order valence-corrected chi connectivity index (χ2v) is 5.84. The number of nitrogens with zero attached hydrogens (tertiary/aromatic N) is 1. The van der Waals surface area contributed by atoms with Crippen LogP contribution in [-0.2, 0) is 16.1 Å². The number of likely N-dealkylation sites (N-methyl/N-ethyl adjacent to an activating group) is 1. The van der Waals surface area contributed by atoms with E-state index in [0.717, 1.165) is 22.7 Å². The number of carbonyl (C=O) groups is 1. The van der Waals surface area contributed by atoms with Gasteiger partial charge in [-0.15, -0.1) is 0 Å². The van der Waals surface area contributed by atoms with Crippen LogP contribution in [0.15, 0.2) is 84.9 Å². The molecule has 0 heterocycles. The van der Waals surface area contributed by atoms with Crippen LogP contribution in [-0.4, -0.2) is 19.6 Å². The predicted molar refractivity (Wildman–Crippen MR) is 102 cm³/mol. The Balaban J connectivity index is 1.52. The summed E-state index contributed by atoms with van der Waals surface area (Å²) in [5, 5.41) is 0. The summed E-state index contributed by atoms with van der Waals surface area (Å²) in [4.78, 5) is 13.9. The number of hydrogen-bond acceptors (Lipinski definition) is 3. The smallest absolute Gasteiger partial charge is 0.252 e. The maximum absolute atomic E-state index is 12.3. The number of ether oxygens (including phenoxy) is 2. The topological polar surface area (TPSA) is 38.8 Å². The van der Waals surface area contributed by atoms with Crippen molar-refractivity contribution in [2.24, 2.45) is 0 Å². The summed E-state index contributed by atoms with van der Waals surface area (Å²) < 4.78 is 11.3. The van der Waals surface area contributed by atoms with Gasteiger partial charge in [-0.2, -0.15) is 0 Å². The number of amides is 1. The van der Waals surface area contributed by atoms with Crippen molar-refractivity contribution in [2.75, 3.05) is 18.6 Å². The van der Waals surface area contributed by atoms with Crippen LogP contribution in [0.2, 0.25) is 0 Å². The number of rotatable bonds is 7. The SMILES string of the molecule is CN(C(=O)COCc1ccccc1)c1ccc(Oc2ccccc2)cc1. The maximum atomic E-state index is 12.3. The lowest BCUT2D eigenvalue weighted by molar-refractivity contribution is -0.123. The molecule has 0 bridgehead atoms. The van der Waals surface area contributed by atoms with Crippen molar-refractivity contribution in [2.45, 2.75) is 6.61 Å². The van der Waals surface area contributed by atoms with Gasteiger partial charge in [-0.05, 0) is 42.0 Å². The van der Waals surface area contributed by atoms with Gasteiger partial charge in [0.25, 0.3) is 5.91 Å². The normalized spacial score (nSPS) is 10.3. The molecule has 4 heteroatoms. The minimum atomic E-state index is -0.0994. The summed E-state index contributed by atoms with van der Waals surface area (Å²) in [5.74, 6) is 1.40. The molecule has 0 aliphatic rings. The minimum absolute atomic E-state index is 0.0354. The maximum Gasteiger partial charge on any atom is 0.252 e. The molecule has 3 rings (SSSR count). The molecule has 0 aliphatic carbocycles. The van der Waals surface area contributed by atoms with Gasteiger partial charge in [0.05, 0.1) is 6.61 Å². The first-order chi connectivity index (χ1) is 12.7. The summed E-state index contributed by atoms with van der Waals surface area (Å²) in [6.07, 6.45) is 0. The zero-order valence-electron chi connectivity index (χ0n) is 14.7. The van der Waals surface area contributed by atoms with E-state index >= 15 is 0 Å². The van der Waals surface area contributed by atoms with Crippen molar-refractivity contribution >= 4 is 11.6 Å². The van der Waals surface area contributed by atoms with Crippen molar-refractivity contribution in [1.29, 1.82) is 0 Å². The van der Waals surface area contributed by atoms with Crippen molar-refractivity contribution in [3.8, 4) is 11.5 Å². The lowest BCUT2D eigenvalue weighted by Gasteiger charge is -2.18. The van der Waals surface area contributed by atoms with Gasteiger partial charge in [-0.25, -0.2) is 0 Å². The summed E-state index contributed by atoms with van der Waals surface area (Å²) in [7, 11) is 1.74. The molecule has 3 aromatic carbocycles. The monoisotopic (exact) mass is 347 g/mol. The van der Waals surface area contributed by atoms with Gasteiger partial charge in [0.2, 0.25) is 0 Å². The highest BCUT2D eigenvalue weighted by Crippen LogP contribution is 2.24. The molecule has 132 valence electrons. The van der Waals surface area contributed by atoms with E-state index in [4.69, 9.17) is 9.47 Å². The van der Waals surface area contributed by atoms with E-state index in [1.807, 2.05) is 84.9 Å². The van der Waals surface area contributed by atoms with E-state index in [1.165, 1.54) is 0 Å². The first-order valence-corrected chi connectivity index (χ1v) is 8.43. The van der Waals surface area contributed by atoms with Crippen LogP contribution < -0.4 is 9.64 Å². The summed E-state index contributed by atoms with van der Waals surface area (Å²) in [5.41, 5.74) is 1.84. The van der Waals surface area contributed by atoms with Crippen molar-refractivity contribution in [3.05, 3.63) is 90.5 Å². The third kappa shape index (κ3) is 4.94. The quantitative estimate of drug-likeness (QED) is 0.624. The molecule has 4 nitrogen and oxygen atoms in total. The second kappa shape index (κ2) is 8.83. The zero-order chi connectivity index (χ0) is 18.2. The minimum Gasteiger partial charge on any atom is -0.457 e. The fourth-order valence-electron chi connectivity index (χ4n) is 2.43. The Bertz CT molecular complexity index is 817. The Kier molecular flexibility index (Phi) is 6.01. The fourth-order valence-corrected chi connectivity index (χ4v) is 2.43. The first-order valence-electron chi connectivity index (χ1n) is 8.43. The van der Waals surface area contributed by atoms with Crippen LogP contribution in [0.1, 0.15) is 5.56 Å². The third-order valence-electron chi connectivity index (χ3n) is 3.91. The number of carbonyl (C=O) groups excluding carboxylic acids is 1. The van der Waals surface area contributed by atoms with Gasteiger partial charge in [-0.3, -0.25) is 4.79 Å². The highest BCUT2D eigenvalue weighted by Gasteiger charge is 2.11. The van der Waals surface area contributed by atoms with E-state index in [1.54, 1.807) is 11.9 Å². The molecule has 0 radical (unpaired) electrons. The Morgan fingerprint density at radius 3 is 2.04 bits per heavy atom. The molecular weight excluding hydrogens is 326 g/mol. The highest BCUT2D eigenvalue weighted by molar-refractivity contribution is 5.93. The van der Waals surface area contributed by atoms with Crippen LogP contribution in [0.25, 0.3) is 0 Å². The average molecular weight is 347 g/mol. The van der Waals surface area contributed by atoms with Crippen LogP contribution in [0.4, 0.5) is 5.69 Å². The highest BCUT2D eigenvalue weighted by atomic mass is 16.5. The molecule has 0 N–H and O–H groups in total. The Hall–Kier alpha value is -3.11. The van der Waals surface area contributed by atoms with Gasteiger partial charge >= 0.3 is 0 Å². The molecule has 0 saturated carbocycles. The number of hydrogen-bond donors (Lipinski definition) is 0. The van der Waals surface area contributed by atoms with Crippen LogP contribution in [0, 0.1) is 0 Å². The average Bonchev–Trinajstić information content (AvgIpc) is 2.69. The van der Waals surface area contributed by atoms with Gasteiger partial charge in [0.1, 0.15) is 18.1 Å². The molecule has 3 aromatic rings. The Labute approximate surface area is 153 Å². The largest absolute Gasteiger partial charge is 0.457 e. The Morgan fingerprint density at radius 2 is 1.38 bits per heavy atom. The summed E-state index contributed by atoms with van der Waals surface area (Å²) >= 11 is 0. The van der Waals surface area contributed by atoms with Crippen molar-refractivity contribution < 1.29 is 14.3 Å². The second-order valence-electron chi connectivity index (χ2n) is 5.84. The number of anilines is 1. The number of para-hydroxylation sites is 1. The van der Waals surface area contributed by atoms with E-state index in [-0.39, 0.29) is 12.5 Å². The van der Waals surface area contributed by atoms with Crippen LogP contribution >= 0.6 is 0 Å². The van der Waals surface area contributed by atoms with E-state index in [9.17, 15) is 4.79 Å². The van der Waals surface area contributed by atoms with Crippen LogP contribution in [0.3, 0.4) is 0 Å².